The normalized spacial score (nSPS) is 12.3. The lowest BCUT2D eigenvalue weighted by atomic mass is 10.2. The van der Waals surface area contributed by atoms with Crippen LogP contribution in [0.4, 0.5) is 11.6 Å². The highest BCUT2D eigenvalue weighted by molar-refractivity contribution is 7.99. The van der Waals surface area contributed by atoms with Gasteiger partial charge in [-0.25, -0.2) is 0 Å². The number of para-hydroxylation sites is 1. The van der Waals surface area contributed by atoms with Gasteiger partial charge in [0, 0.05) is 11.4 Å². The van der Waals surface area contributed by atoms with Gasteiger partial charge < -0.3 is 5.32 Å². The maximum Gasteiger partial charge on any atom is 0.247 e. The predicted octanol–water partition coefficient (Wildman–Crippen LogP) is 3.69. The van der Waals surface area contributed by atoms with Crippen molar-refractivity contribution in [2.24, 2.45) is 5.92 Å². The van der Waals surface area contributed by atoms with E-state index in [2.05, 4.69) is 34.3 Å². The highest BCUT2D eigenvalue weighted by Crippen LogP contribution is 2.20. The van der Waals surface area contributed by atoms with Crippen LogP contribution in [0.2, 0.25) is 0 Å². The molecule has 1 unspecified atom stereocenters. The van der Waals surface area contributed by atoms with E-state index in [1.807, 2.05) is 30.3 Å². The van der Waals surface area contributed by atoms with E-state index in [9.17, 15) is 0 Å². The SMILES string of the molecule is CCC(C)CSc1nc(Nc2ccccc2)n[nH]1. The van der Waals surface area contributed by atoms with Crippen LogP contribution in [0.5, 0.6) is 0 Å². The number of H-pyrrole nitrogens is 1. The van der Waals surface area contributed by atoms with Gasteiger partial charge in [-0.2, -0.15) is 4.98 Å². The van der Waals surface area contributed by atoms with Gasteiger partial charge in [0.15, 0.2) is 5.16 Å². The smallest absolute Gasteiger partial charge is 0.247 e. The fourth-order valence-corrected chi connectivity index (χ4v) is 2.30. The number of hydrogen-bond acceptors (Lipinski definition) is 4. The summed E-state index contributed by atoms with van der Waals surface area (Å²) in [6.07, 6.45) is 1.19. The van der Waals surface area contributed by atoms with E-state index >= 15 is 0 Å². The first-order valence-electron chi connectivity index (χ1n) is 6.15. The summed E-state index contributed by atoms with van der Waals surface area (Å²) in [5, 5.41) is 11.1. The van der Waals surface area contributed by atoms with Crippen LogP contribution in [0.3, 0.4) is 0 Å². The van der Waals surface area contributed by atoms with E-state index < -0.39 is 0 Å². The molecule has 0 amide bonds. The van der Waals surface area contributed by atoms with Gasteiger partial charge in [0.1, 0.15) is 0 Å². The molecule has 1 aromatic carbocycles. The summed E-state index contributed by atoms with van der Waals surface area (Å²) in [6.45, 7) is 4.44. The summed E-state index contributed by atoms with van der Waals surface area (Å²) >= 11 is 1.72. The number of nitrogens with zero attached hydrogens (tertiary/aromatic N) is 2. The zero-order valence-electron chi connectivity index (χ0n) is 10.7. The van der Waals surface area contributed by atoms with E-state index in [-0.39, 0.29) is 0 Å². The number of anilines is 2. The molecule has 0 saturated heterocycles. The van der Waals surface area contributed by atoms with Gasteiger partial charge in [-0.15, -0.1) is 5.10 Å². The molecule has 1 aromatic heterocycles. The monoisotopic (exact) mass is 262 g/mol. The first kappa shape index (κ1) is 13.0. The average molecular weight is 262 g/mol. The summed E-state index contributed by atoms with van der Waals surface area (Å²) in [5.74, 6) is 2.38. The predicted molar refractivity (Wildman–Crippen MR) is 76.3 cm³/mol. The lowest BCUT2D eigenvalue weighted by Gasteiger charge is -2.04. The van der Waals surface area contributed by atoms with Crippen LogP contribution in [0.15, 0.2) is 35.5 Å². The Bertz CT molecular complexity index is 469. The van der Waals surface area contributed by atoms with Crippen LogP contribution in [0, 0.1) is 5.92 Å². The molecule has 0 aliphatic heterocycles. The molecule has 18 heavy (non-hydrogen) atoms. The first-order valence-corrected chi connectivity index (χ1v) is 7.13. The van der Waals surface area contributed by atoms with Crippen LogP contribution in [-0.4, -0.2) is 20.9 Å². The van der Waals surface area contributed by atoms with Gasteiger partial charge in [-0.3, -0.25) is 5.10 Å². The molecule has 4 nitrogen and oxygen atoms in total. The number of aromatic amines is 1. The minimum Gasteiger partial charge on any atom is -0.323 e. The Morgan fingerprint density at radius 2 is 2.11 bits per heavy atom. The van der Waals surface area contributed by atoms with Crippen molar-refractivity contribution in [1.82, 2.24) is 15.2 Å². The van der Waals surface area contributed by atoms with Crippen molar-refractivity contribution in [3.05, 3.63) is 30.3 Å². The molecule has 2 rings (SSSR count). The Hall–Kier alpha value is -1.49. The van der Waals surface area contributed by atoms with Crippen molar-refractivity contribution in [3.8, 4) is 0 Å². The van der Waals surface area contributed by atoms with Crippen LogP contribution < -0.4 is 5.32 Å². The zero-order valence-corrected chi connectivity index (χ0v) is 11.5. The molecule has 0 spiro atoms. The van der Waals surface area contributed by atoms with E-state index in [0.29, 0.717) is 11.9 Å². The van der Waals surface area contributed by atoms with E-state index in [4.69, 9.17) is 0 Å². The Kier molecular flexibility index (Phi) is 4.64. The molecule has 0 fully saturated rings. The van der Waals surface area contributed by atoms with Gasteiger partial charge in [-0.1, -0.05) is 50.2 Å². The van der Waals surface area contributed by atoms with Gasteiger partial charge in [0.25, 0.3) is 0 Å². The number of hydrogen-bond donors (Lipinski definition) is 2. The van der Waals surface area contributed by atoms with Crippen molar-refractivity contribution < 1.29 is 0 Å². The fraction of sp³-hybridized carbons (Fsp3) is 0.385. The minimum absolute atomic E-state index is 0.618. The summed E-state index contributed by atoms with van der Waals surface area (Å²) in [6, 6.07) is 9.92. The Labute approximate surface area is 112 Å². The van der Waals surface area contributed by atoms with Crippen molar-refractivity contribution in [2.45, 2.75) is 25.4 Å². The van der Waals surface area contributed by atoms with Gasteiger partial charge >= 0.3 is 0 Å². The lowest BCUT2D eigenvalue weighted by molar-refractivity contribution is 0.636. The van der Waals surface area contributed by atoms with Gasteiger partial charge in [0.05, 0.1) is 0 Å². The number of rotatable bonds is 6. The molecular formula is C13H18N4S. The third kappa shape index (κ3) is 3.77. The van der Waals surface area contributed by atoms with E-state index in [1.54, 1.807) is 11.8 Å². The second kappa shape index (κ2) is 6.44. The molecular weight excluding hydrogens is 244 g/mol. The molecule has 0 aliphatic rings. The summed E-state index contributed by atoms with van der Waals surface area (Å²) in [4.78, 5) is 4.40. The maximum atomic E-state index is 4.40. The molecule has 1 atom stereocenters. The quantitative estimate of drug-likeness (QED) is 0.780. The highest BCUT2D eigenvalue weighted by atomic mass is 32.2. The molecule has 0 bridgehead atoms. The standard InChI is InChI=1S/C13H18N4S/c1-3-10(2)9-18-13-15-12(16-17-13)14-11-7-5-4-6-8-11/h4-8,10H,3,9H2,1-2H3,(H2,14,15,16,17). The molecule has 5 heteroatoms. The molecule has 0 radical (unpaired) electrons. The summed E-state index contributed by atoms with van der Waals surface area (Å²) < 4.78 is 0. The minimum atomic E-state index is 0.618. The van der Waals surface area contributed by atoms with Crippen molar-refractivity contribution in [2.75, 3.05) is 11.1 Å². The van der Waals surface area contributed by atoms with Crippen LogP contribution in [0.25, 0.3) is 0 Å². The van der Waals surface area contributed by atoms with Crippen molar-refractivity contribution >= 4 is 23.4 Å². The Balaban J connectivity index is 1.90. The molecule has 0 saturated carbocycles. The fourth-order valence-electron chi connectivity index (χ4n) is 1.36. The molecule has 1 heterocycles. The summed E-state index contributed by atoms with van der Waals surface area (Å²) in [5.41, 5.74) is 0.995. The van der Waals surface area contributed by atoms with E-state index in [0.717, 1.165) is 16.6 Å². The molecule has 2 N–H and O–H groups in total. The maximum absolute atomic E-state index is 4.40. The highest BCUT2D eigenvalue weighted by Gasteiger charge is 2.06. The van der Waals surface area contributed by atoms with Crippen molar-refractivity contribution in [3.63, 3.8) is 0 Å². The number of thioether (sulfide) groups is 1. The zero-order chi connectivity index (χ0) is 12.8. The van der Waals surface area contributed by atoms with Crippen LogP contribution in [0.1, 0.15) is 20.3 Å². The topological polar surface area (TPSA) is 53.6 Å². The second-order valence-electron chi connectivity index (χ2n) is 4.28. The molecule has 0 aliphatic carbocycles. The van der Waals surface area contributed by atoms with Crippen LogP contribution in [-0.2, 0) is 0 Å². The van der Waals surface area contributed by atoms with Crippen LogP contribution >= 0.6 is 11.8 Å². The summed E-state index contributed by atoms with van der Waals surface area (Å²) in [7, 11) is 0. The van der Waals surface area contributed by atoms with Gasteiger partial charge in [-0.05, 0) is 18.1 Å². The Morgan fingerprint density at radius 3 is 2.83 bits per heavy atom. The van der Waals surface area contributed by atoms with Gasteiger partial charge in [0.2, 0.25) is 5.95 Å². The lowest BCUT2D eigenvalue weighted by Crippen LogP contribution is -1.95. The average Bonchev–Trinajstić information content (AvgIpc) is 2.85. The van der Waals surface area contributed by atoms with E-state index in [1.165, 1.54) is 6.42 Å². The second-order valence-corrected chi connectivity index (χ2v) is 5.29. The van der Waals surface area contributed by atoms with Crippen molar-refractivity contribution in [1.29, 1.82) is 0 Å². The largest absolute Gasteiger partial charge is 0.323 e. The number of benzene rings is 1. The first-order chi connectivity index (χ1) is 8.78. The number of nitrogens with one attached hydrogen (secondary N) is 2. The Morgan fingerprint density at radius 1 is 1.33 bits per heavy atom. The third-order valence-corrected chi connectivity index (χ3v) is 3.89. The molecule has 2 aromatic rings. The number of aromatic nitrogens is 3. The molecule has 96 valence electrons. The third-order valence-electron chi connectivity index (χ3n) is 2.70.